The second-order valence-electron chi connectivity index (χ2n) is 4.95. The summed E-state index contributed by atoms with van der Waals surface area (Å²) in [4.78, 5) is 35.2. The van der Waals surface area contributed by atoms with Gasteiger partial charge < -0.3 is 10.4 Å². The quantitative estimate of drug-likeness (QED) is 0.787. The van der Waals surface area contributed by atoms with Crippen LogP contribution in [-0.2, 0) is 9.59 Å². The first-order valence-electron chi connectivity index (χ1n) is 6.67. The molecule has 1 aliphatic rings. The van der Waals surface area contributed by atoms with Crippen molar-refractivity contribution in [1.82, 2.24) is 5.32 Å². The smallest absolute Gasteiger partial charge is 0.308 e. The Kier molecular flexibility index (Phi) is 4.89. The van der Waals surface area contributed by atoms with Gasteiger partial charge in [-0.25, -0.2) is 0 Å². The Morgan fingerprint density at radius 2 is 2.10 bits per heavy atom. The van der Waals surface area contributed by atoms with E-state index in [9.17, 15) is 14.4 Å². The number of carboxylic acids is 1. The third kappa shape index (κ3) is 3.66. The number of hydrogen-bond acceptors (Lipinski definition) is 4. The van der Waals surface area contributed by atoms with E-state index >= 15 is 0 Å². The number of amides is 1. The van der Waals surface area contributed by atoms with E-state index in [0.29, 0.717) is 17.7 Å². The highest BCUT2D eigenvalue weighted by Gasteiger charge is 2.33. The molecule has 1 heterocycles. The van der Waals surface area contributed by atoms with Crippen molar-refractivity contribution in [3.05, 3.63) is 22.4 Å². The van der Waals surface area contributed by atoms with Gasteiger partial charge in [-0.15, -0.1) is 11.3 Å². The van der Waals surface area contributed by atoms with Crippen LogP contribution in [0.25, 0.3) is 0 Å². The lowest BCUT2D eigenvalue weighted by Crippen LogP contribution is -2.40. The fraction of sp³-hybridized carbons (Fsp3) is 0.500. The molecule has 0 aromatic carbocycles. The van der Waals surface area contributed by atoms with E-state index in [1.54, 1.807) is 12.1 Å². The zero-order valence-corrected chi connectivity index (χ0v) is 11.8. The number of carbonyl (C=O) groups is 3. The van der Waals surface area contributed by atoms with Gasteiger partial charge in [0.15, 0.2) is 5.78 Å². The second-order valence-corrected chi connectivity index (χ2v) is 5.90. The fourth-order valence-electron chi connectivity index (χ4n) is 2.49. The average molecular weight is 295 g/mol. The standard InChI is InChI=1S/C14H17NO4S/c16-11(12-5-2-8-20-12)6-7-13(17)15-10-4-1-3-9(10)14(18)19/h2,5,8-10H,1,3-4,6-7H2,(H,15,17)(H,18,19)/t9-,10+/m1/s1. The molecule has 5 nitrogen and oxygen atoms in total. The number of hydrogen-bond donors (Lipinski definition) is 2. The number of rotatable bonds is 6. The van der Waals surface area contributed by atoms with Crippen LogP contribution < -0.4 is 5.32 Å². The van der Waals surface area contributed by atoms with Crippen molar-refractivity contribution in [2.45, 2.75) is 38.1 Å². The van der Waals surface area contributed by atoms with Gasteiger partial charge in [-0.3, -0.25) is 14.4 Å². The van der Waals surface area contributed by atoms with Crippen LogP contribution in [0.3, 0.4) is 0 Å². The third-order valence-electron chi connectivity index (χ3n) is 3.55. The van der Waals surface area contributed by atoms with E-state index in [2.05, 4.69) is 5.32 Å². The van der Waals surface area contributed by atoms with Crippen molar-refractivity contribution in [3.8, 4) is 0 Å². The van der Waals surface area contributed by atoms with E-state index < -0.39 is 11.9 Å². The predicted molar refractivity (Wildman–Crippen MR) is 74.8 cm³/mol. The Labute approximate surface area is 121 Å². The van der Waals surface area contributed by atoms with Gasteiger partial charge in [0.25, 0.3) is 0 Å². The Bertz CT molecular complexity index is 497. The summed E-state index contributed by atoms with van der Waals surface area (Å²) in [5, 5.41) is 13.6. The number of thiophene rings is 1. The van der Waals surface area contributed by atoms with E-state index in [-0.39, 0.29) is 30.6 Å². The molecule has 0 unspecified atom stereocenters. The van der Waals surface area contributed by atoms with Crippen LogP contribution in [0.5, 0.6) is 0 Å². The number of Topliss-reactive ketones (excluding diaryl/α,β-unsaturated/α-hetero) is 1. The molecular weight excluding hydrogens is 278 g/mol. The van der Waals surface area contributed by atoms with Gasteiger partial charge >= 0.3 is 5.97 Å². The predicted octanol–water partition coefficient (Wildman–Crippen LogP) is 2.08. The summed E-state index contributed by atoms with van der Waals surface area (Å²) in [6.07, 6.45) is 2.39. The molecule has 6 heteroatoms. The monoisotopic (exact) mass is 295 g/mol. The first-order chi connectivity index (χ1) is 9.58. The highest BCUT2D eigenvalue weighted by Crippen LogP contribution is 2.26. The van der Waals surface area contributed by atoms with Crippen molar-refractivity contribution >= 4 is 29.0 Å². The molecule has 1 saturated carbocycles. The van der Waals surface area contributed by atoms with Gasteiger partial charge in [0.2, 0.25) is 5.91 Å². The molecule has 1 aromatic heterocycles. The Balaban J connectivity index is 1.78. The van der Waals surface area contributed by atoms with Crippen molar-refractivity contribution in [1.29, 1.82) is 0 Å². The lowest BCUT2D eigenvalue weighted by atomic mass is 10.0. The van der Waals surface area contributed by atoms with Crippen LogP contribution in [0.2, 0.25) is 0 Å². The van der Waals surface area contributed by atoms with E-state index in [1.165, 1.54) is 11.3 Å². The van der Waals surface area contributed by atoms with Gasteiger partial charge in [0.05, 0.1) is 10.8 Å². The SMILES string of the molecule is O=C(CCC(=O)c1cccs1)N[C@H]1CCC[C@H]1C(=O)O. The normalized spacial score (nSPS) is 21.6. The molecule has 108 valence electrons. The topological polar surface area (TPSA) is 83.5 Å². The molecule has 2 rings (SSSR count). The number of ketones is 1. The van der Waals surface area contributed by atoms with Crippen molar-refractivity contribution in [2.24, 2.45) is 5.92 Å². The summed E-state index contributed by atoms with van der Waals surface area (Å²) >= 11 is 1.36. The summed E-state index contributed by atoms with van der Waals surface area (Å²) in [6, 6.07) is 3.24. The molecule has 0 aliphatic heterocycles. The third-order valence-corrected chi connectivity index (χ3v) is 4.47. The highest BCUT2D eigenvalue weighted by molar-refractivity contribution is 7.12. The molecule has 1 fully saturated rings. The number of carbonyl (C=O) groups excluding carboxylic acids is 2. The summed E-state index contributed by atoms with van der Waals surface area (Å²) in [6.45, 7) is 0. The molecular formula is C14H17NO4S. The fourth-order valence-corrected chi connectivity index (χ4v) is 3.19. The Hall–Kier alpha value is -1.69. The minimum absolute atomic E-state index is 0.0450. The average Bonchev–Trinajstić information content (AvgIpc) is 3.06. The number of nitrogens with one attached hydrogen (secondary N) is 1. The summed E-state index contributed by atoms with van der Waals surface area (Å²) < 4.78 is 0. The van der Waals surface area contributed by atoms with Gasteiger partial charge in [-0.2, -0.15) is 0 Å². The molecule has 0 spiro atoms. The van der Waals surface area contributed by atoms with Gasteiger partial charge in [-0.1, -0.05) is 12.5 Å². The summed E-state index contributed by atoms with van der Waals surface area (Å²) in [7, 11) is 0. The van der Waals surface area contributed by atoms with Crippen molar-refractivity contribution in [2.75, 3.05) is 0 Å². The molecule has 1 amide bonds. The zero-order valence-electron chi connectivity index (χ0n) is 11.0. The van der Waals surface area contributed by atoms with Crippen LogP contribution in [-0.4, -0.2) is 28.8 Å². The number of carboxylic acid groups (broad SMARTS) is 1. The lowest BCUT2D eigenvalue weighted by molar-refractivity contribution is -0.142. The first-order valence-corrected chi connectivity index (χ1v) is 7.55. The maximum atomic E-state index is 11.8. The molecule has 2 N–H and O–H groups in total. The highest BCUT2D eigenvalue weighted by atomic mass is 32.1. The summed E-state index contributed by atoms with van der Waals surface area (Å²) in [5.41, 5.74) is 0. The molecule has 0 radical (unpaired) electrons. The minimum atomic E-state index is -0.859. The Morgan fingerprint density at radius 3 is 2.75 bits per heavy atom. The van der Waals surface area contributed by atoms with Crippen molar-refractivity contribution in [3.63, 3.8) is 0 Å². The summed E-state index contributed by atoms with van der Waals surface area (Å²) in [5.74, 6) is -1.64. The van der Waals surface area contributed by atoms with Crippen molar-refractivity contribution < 1.29 is 19.5 Å². The molecule has 0 saturated heterocycles. The first kappa shape index (κ1) is 14.7. The van der Waals surface area contributed by atoms with Crippen LogP contribution in [0.1, 0.15) is 41.8 Å². The molecule has 2 atom stereocenters. The zero-order chi connectivity index (χ0) is 14.5. The van der Waals surface area contributed by atoms with Crippen LogP contribution in [0.4, 0.5) is 0 Å². The lowest BCUT2D eigenvalue weighted by Gasteiger charge is -2.17. The molecule has 20 heavy (non-hydrogen) atoms. The number of aliphatic carboxylic acids is 1. The maximum Gasteiger partial charge on any atom is 0.308 e. The molecule has 1 aromatic rings. The van der Waals surface area contributed by atoms with E-state index in [0.717, 1.165) is 6.42 Å². The van der Waals surface area contributed by atoms with Gasteiger partial charge in [0, 0.05) is 18.9 Å². The van der Waals surface area contributed by atoms with Crippen LogP contribution in [0, 0.1) is 5.92 Å². The van der Waals surface area contributed by atoms with E-state index in [1.807, 2.05) is 5.38 Å². The molecule has 0 bridgehead atoms. The van der Waals surface area contributed by atoms with E-state index in [4.69, 9.17) is 5.11 Å². The van der Waals surface area contributed by atoms with Gasteiger partial charge in [-0.05, 0) is 24.3 Å². The molecule has 1 aliphatic carbocycles. The van der Waals surface area contributed by atoms with Crippen LogP contribution >= 0.6 is 11.3 Å². The largest absolute Gasteiger partial charge is 0.481 e. The minimum Gasteiger partial charge on any atom is -0.481 e. The van der Waals surface area contributed by atoms with Gasteiger partial charge in [0.1, 0.15) is 0 Å². The second kappa shape index (κ2) is 6.65. The van der Waals surface area contributed by atoms with Crippen LogP contribution in [0.15, 0.2) is 17.5 Å². The maximum absolute atomic E-state index is 11.8. The Morgan fingerprint density at radius 1 is 1.30 bits per heavy atom.